The summed E-state index contributed by atoms with van der Waals surface area (Å²) in [7, 11) is 1.60. The van der Waals surface area contributed by atoms with Crippen LogP contribution >= 0.6 is 0 Å². The third-order valence-electron chi connectivity index (χ3n) is 2.79. The molecule has 0 saturated heterocycles. The Morgan fingerprint density at radius 1 is 1.18 bits per heavy atom. The van der Waals surface area contributed by atoms with Gasteiger partial charge in [-0.05, 0) is 29.7 Å². The summed E-state index contributed by atoms with van der Waals surface area (Å²) < 4.78 is 5.02. The fourth-order valence-electron chi connectivity index (χ4n) is 1.72. The summed E-state index contributed by atoms with van der Waals surface area (Å²) in [4.78, 5) is 4.17. The Morgan fingerprint density at radius 2 is 1.94 bits per heavy atom. The first kappa shape index (κ1) is 11.6. The number of hydrogen-bond acceptors (Lipinski definition) is 3. The lowest BCUT2D eigenvalue weighted by atomic mass is 10.0. The average molecular weight is 229 g/mol. The van der Waals surface area contributed by atoms with Crippen LogP contribution in [0.4, 0.5) is 0 Å². The summed E-state index contributed by atoms with van der Waals surface area (Å²) in [5.74, 6) is 0.609. The highest BCUT2D eigenvalue weighted by Crippen LogP contribution is 2.23. The van der Waals surface area contributed by atoms with Gasteiger partial charge in [0, 0.05) is 17.8 Å². The van der Waals surface area contributed by atoms with Gasteiger partial charge in [-0.25, -0.2) is 4.98 Å². The monoisotopic (exact) mass is 229 g/mol. The number of pyridine rings is 1. The van der Waals surface area contributed by atoms with Crippen molar-refractivity contribution >= 4 is 0 Å². The van der Waals surface area contributed by atoms with Crippen LogP contribution in [-0.4, -0.2) is 17.2 Å². The van der Waals surface area contributed by atoms with Crippen molar-refractivity contribution in [1.29, 1.82) is 0 Å². The second-order valence-corrected chi connectivity index (χ2v) is 3.89. The van der Waals surface area contributed by atoms with Crippen LogP contribution in [-0.2, 0) is 6.61 Å². The molecule has 1 N–H and O–H groups in total. The molecule has 88 valence electrons. The molecule has 1 aromatic carbocycles. The minimum atomic E-state index is 0.0764. The zero-order valence-corrected chi connectivity index (χ0v) is 9.97. The zero-order valence-electron chi connectivity index (χ0n) is 9.97. The predicted molar refractivity (Wildman–Crippen MR) is 66.9 cm³/mol. The lowest BCUT2D eigenvalue weighted by molar-refractivity contribution is 0.281. The Bertz CT molecular complexity index is 506. The molecule has 3 heteroatoms. The van der Waals surface area contributed by atoms with Crippen molar-refractivity contribution in [3.05, 3.63) is 47.7 Å². The van der Waals surface area contributed by atoms with Crippen molar-refractivity contribution in [2.24, 2.45) is 0 Å². The smallest absolute Gasteiger partial charge is 0.212 e. The molecule has 0 aliphatic carbocycles. The minimum Gasteiger partial charge on any atom is -0.481 e. The first-order valence-corrected chi connectivity index (χ1v) is 5.45. The zero-order chi connectivity index (χ0) is 12.3. The first-order valence-electron chi connectivity index (χ1n) is 5.45. The van der Waals surface area contributed by atoms with E-state index in [-0.39, 0.29) is 6.61 Å². The Morgan fingerprint density at radius 3 is 2.47 bits per heavy atom. The fourth-order valence-corrected chi connectivity index (χ4v) is 1.72. The standard InChI is InChI=1S/C14H15NO2/c1-10-7-11(3-4-13(10)9-16)12-5-6-14(17-2)15-8-12/h3-8,16H,9H2,1-2H3. The van der Waals surface area contributed by atoms with Crippen LogP contribution < -0.4 is 4.74 Å². The topological polar surface area (TPSA) is 42.4 Å². The molecule has 3 nitrogen and oxygen atoms in total. The van der Waals surface area contributed by atoms with Gasteiger partial charge in [0.15, 0.2) is 0 Å². The summed E-state index contributed by atoms with van der Waals surface area (Å²) in [6, 6.07) is 9.79. The van der Waals surface area contributed by atoms with Crippen molar-refractivity contribution in [1.82, 2.24) is 4.98 Å². The molecule has 0 bridgehead atoms. The van der Waals surface area contributed by atoms with Gasteiger partial charge in [-0.2, -0.15) is 0 Å². The summed E-state index contributed by atoms with van der Waals surface area (Å²) in [6.45, 7) is 2.07. The summed E-state index contributed by atoms with van der Waals surface area (Å²) in [6.07, 6.45) is 1.78. The lowest BCUT2D eigenvalue weighted by Gasteiger charge is -2.07. The number of ether oxygens (including phenoxy) is 1. The predicted octanol–water partition coefficient (Wildman–Crippen LogP) is 2.56. The Hall–Kier alpha value is -1.87. The molecule has 0 fully saturated rings. The molecule has 0 atom stereocenters. The average Bonchev–Trinajstić information content (AvgIpc) is 2.39. The van der Waals surface area contributed by atoms with E-state index >= 15 is 0 Å². The number of hydrogen-bond donors (Lipinski definition) is 1. The normalized spacial score (nSPS) is 10.3. The van der Waals surface area contributed by atoms with Gasteiger partial charge in [-0.15, -0.1) is 0 Å². The molecule has 2 aromatic rings. The summed E-state index contributed by atoms with van der Waals surface area (Å²) >= 11 is 0. The molecule has 0 radical (unpaired) electrons. The molecule has 0 unspecified atom stereocenters. The molecular weight excluding hydrogens is 214 g/mol. The van der Waals surface area contributed by atoms with Gasteiger partial charge in [0.25, 0.3) is 0 Å². The van der Waals surface area contributed by atoms with Crippen molar-refractivity contribution < 1.29 is 9.84 Å². The van der Waals surface area contributed by atoms with E-state index in [1.54, 1.807) is 13.3 Å². The number of nitrogens with zero attached hydrogens (tertiary/aromatic N) is 1. The van der Waals surface area contributed by atoms with E-state index in [0.29, 0.717) is 5.88 Å². The second-order valence-electron chi connectivity index (χ2n) is 3.89. The number of methoxy groups -OCH3 is 1. The Kier molecular flexibility index (Phi) is 3.40. The Balaban J connectivity index is 2.35. The van der Waals surface area contributed by atoms with Crippen LogP contribution in [0.15, 0.2) is 36.5 Å². The van der Waals surface area contributed by atoms with Gasteiger partial charge >= 0.3 is 0 Å². The van der Waals surface area contributed by atoms with E-state index in [4.69, 9.17) is 9.84 Å². The minimum absolute atomic E-state index is 0.0764. The van der Waals surface area contributed by atoms with Gasteiger partial charge < -0.3 is 9.84 Å². The van der Waals surface area contributed by atoms with Crippen molar-refractivity contribution in [3.8, 4) is 17.0 Å². The molecule has 0 saturated carbocycles. The highest BCUT2D eigenvalue weighted by atomic mass is 16.5. The van der Waals surface area contributed by atoms with Gasteiger partial charge in [0.05, 0.1) is 13.7 Å². The fraction of sp³-hybridized carbons (Fsp3) is 0.214. The largest absolute Gasteiger partial charge is 0.481 e. The first-order chi connectivity index (χ1) is 8.24. The van der Waals surface area contributed by atoms with Crippen molar-refractivity contribution in [2.75, 3.05) is 7.11 Å². The van der Waals surface area contributed by atoms with E-state index in [9.17, 15) is 0 Å². The molecule has 0 aliphatic rings. The van der Waals surface area contributed by atoms with Gasteiger partial charge in [-0.1, -0.05) is 18.2 Å². The lowest BCUT2D eigenvalue weighted by Crippen LogP contribution is -1.90. The number of benzene rings is 1. The van der Waals surface area contributed by atoms with E-state index < -0.39 is 0 Å². The summed E-state index contributed by atoms with van der Waals surface area (Å²) in [5, 5.41) is 9.12. The van der Waals surface area contributed by atoms with E-state index in [1.165, 1.54) is 0 Å². The number of aliphatic hydroxyl groups excluding tert-OH is 1. The molecule has 0 aliphatic heterocycles. The highest BCUT2D eigenvalue weighted by molar-refractivity contribution is 5.64. The molecule has 2 rings (SSSR count). The maximum Gasteiger partial charge on any atom is 0.212 e. The van der Waals surface area contributed by atoms with Gasteiger partial charge in [-0.3, -0.25) is 0 Å². The Labute approximate surface area is 101 Å². The molecule has 0 amide bonds. The molecule has 17 heavy (non-hydrogen) atoms. The van der Waals surface area contributed by atoms with Gasteiger partial charge in [0.2, 0.25) is 5.88 Å². The quantitative estimate of drug-likeness (QED) is 0.879. The third-order valence-corrected chi connectivity index (χ3v) is 2.79. The molecule has 0 spiro atoms. The third kappa shape index (κ3) is 2.45. The van der Waals surface area contributed by atoms with Crippen molar-refractivity contribution in [3.63, 3.8) is 0 Å². The van der Waals surface area contributed by atoms with Gasteiger partial charge in [0.1, 0.15) is 0 Å². The molecular formula is C14H15NO2. The maximum atomic E-state index is 9.12. The number of aromatic nitrogens is 1. The molecule has 1 heterocycles. The van der Waals surface area contributed by atoms with Crippen LogP contribution in [0.1, 0.15) is 11.1 Å². The number of aryl methyl sites for hydroxylation is 1. The molecule has 1 aromatic heterocycles. The van der Waals surface area contributed by atoms with E-state index in [1.807, 2.05) is 31.2 Å². The van der Waals surface area contributed by atoms with Crippen LogP contribution in [0.3, 0.4) is 0 Å². The number of rotatable bonds is 3. The van der Waals surface area contributed by atoms with Crippen LogP contribution in [0.5, 0.6) is 5.88 Å². The maximum absolute atomic E-state index is 9.12. The second kappa shape index (κ2) is 4.97. The van der Waals surface area contributed by atoms with Crippen LogP contribution in [0.2, 0.25) is 0 Å². The summed E-state index contributed by atoms with van der Waals surface area (Å²) in [5.41, 5.74) is 4.17. The van der Waals surface area contributed by atoms with Crippen molar-refractivity contribution in [2.45, 2.75) is 13.5 Å². The SMILES string of the molecule is COc1ccc(-c2ccc(CO)c(C)c2)cn1. The number of aliphatic hydroxyl groups is 1. The van der Waals surface area contributed by atoms with Crippen LogP contribution in [0.25, 0.3) is 11.1 Å². The van der Waals surface area contributed by atoms with E-state index in [0.717, 1.165) is 22.3 Å². The highest BCUT2D eigenvalue weighted by Gasteiger charge is 2.02. The van der Waals surface area contributed by atoms with Crippen LogP contribution in [0, 0.1) is 6.92 Å². The van der Waals surface area contributed by atoms with E-state index in [2.05, 4.69) is 11.1 Å².